The van der Waals surface area contributed by atoms with Crippen molar-refractivity contribution in [2.24, 2.45) is 22.7 Å². The van der Waals surface area contributed by atoms with Crippen molar-refractivity contribution >= 4 is 11.9 Å². The smallest absolute Gasteiger partial charge is 0.254 e. The highest BCUT2D eigenvalue weighted by molar-refractivity contribution is 5.94. The van der Waals surface area contributed by atoms with Crippen LogP contribution in [0.4, 0.5) is 5.95 Å². The van der Waals surface area contributed by atoms with Gasteiger partial charge in [-0.25, -0.2) is 9.97 Å². The molecule has 0 radical (unpaired) electrons. The molecule has 1 aromatic carbocycles. The van der Waals surface area contributed by atoms with E-state index in [1.807, 2.05) is 19.1 Å². The van der Waals surface area contributed by atoms with Crippen molar-refractivity contribution in [3.05, 3.63) is 47.3 Å². The molecule has 41 heavy (non-hydrogen) atoms. The molecular formula is C33H45N5O3. The van der Waals surface area contributed by atoms with Gasteiger partial charge >= 0.3 is 0 Å². The summed E-state index contributed by atoms with van der Waals surface area (Å²) in [6.07, 6.45) is 10.9. The van der Waals surface area contributed by atoms with Gasteiger partial charge < -0.3 is 20.1 Å². The zero-order valence-corrected chi connectivity index (χ0v) is 25.2. The molecule has 1 saturated heterocycles. The molecule has 8 nitrogen and oxygen atoms in total. The van der Waals surface area contributed by atoms with Crippen molar-refractivity contribution in [3.8, 4) is 11.8 Å². The van der Waals surface area contributed by atoms with Gasteiger partial charge in [-0.1, -0.05) is 27.7 Å². The fraction of sp³-hybridized carbons (Fsp3) is 0.636. The Balaban J connectivity index is 1.14. The van der Waals surface area contributed by atoms with E-state index in [0.29, 0.717) is 17.1 Å². The molecule has 0 bridgehead atoms. The van der Waals surface area contributed by atoms with Crippen molar-refractivity contribution in [1.29, 1.82) is 5.26 Å². The predicted octanol–water partition coefficient (Wildman–Crippen LogP) is 5.43. The second-order valence-electron chi connectivity index (χ2n) is 13.7. The summed E-state index contributed by atoms with van der Waals surface area (Å²) >= 11 is 0. The van der Waals surface area contributed by atoms with Gasteiger partial charge in [0.2, 0.25) is 5.95 Å². The molecule has 0 unspecified atom stereocenters. The number of aliphatic hydroxyl groups excluding tert-OH is 1. The maximum absolute atomic E-state index is 13.3. The summed E-state index contributed by atoms with van der Waals surface area (Å²) in [6.45, 7) is 12.3. The number of nitriles is 1. The quantitative estimate of drug-likeness (QED) is 0.466. The number of benzene rings is 1. The molecule has 2 saturated carbocycles. The average molecular weight is 560 g/mol. The third-order valence-corrected chi connectivity index (χ3v) is 9.97. The normalized spacial score (nSPS) is 27.4. The van der Waals surface area contributed by atoms with Gasteiger partial charge in [0, 0.05) is 42.4 Å². The number of anilines is 1. The van der Waals surface area contributed by atoms with Gasteiger partial charge in [0.15, 0.2) is 0 Å². The van der Waals surface area contributed by atoms with Crippen LogP contribution < -0.4 is 15.0 Å². The van der Waals surface area contributed by atoms with E-state index in [-0.39, 0.29) is 35.0 Å². The first kappa shape index (κ1) is 29.3. The van der Waals surface area contributed by atoms with Crippen LogP contribution in [0.3, 0.4) is 0 Å². The third-order valence-electron chi connectivity index (χ3n) is 9.97. The lowest BCUT2D eigenvalue weighted by atomic mass is 9.49. The van der Waals surface area contributed by atoms with E-state index in [1.54, 1.807) is 18.5 Å². The zero-order valence-electron chi connectivity index (χ0n) is 25.2. The Hall–Kier alpha value is -3.18. The first-order valence-electron chi connectivity index (χ1n) is 15.2. The Morgan fingerprint density at radius 3 is 2.24 bits per heavy atom. The van der Waals surface area contributed by atoms with Crippen LogP contribution in [0.15, 0.2) is 30.6 Å². The molecule has 1 aromatic heterocycles. The van der Waals surface area contributed by atoms with Crippen LogP contribution in [-0.2, 0) is 0 Å². The van der Waals surface area contributed by atoms with Gasteiger partial charge in [0.25, 0.3) is 5.91 Å². The Morgan fingerprint density at radius 1 is 1.05 bits per heavy atom. The maximum Gasteiger partial charge on any atom is 0.254 e. The minimum Gasteiger partial charge on any atom is -0.489 e. The Bertz CT molecular complexity index is 1250. The molecule has 0 spiro atoms. The number of hydrogen-bond acceptors (Lipinski definition) is 7. The molecular weight excluding hydrogens is 514 g/mol. The number of aliphatic hydroxyl groups is 1. The number of carbonyl (C=O) groups excluding carboxylic acids is 1. The van der Waals surface area contributed by atoms with Crippen molar-refractivity contribution in [1.82, 2.24) is 15.3 Å². The Morgan fingerprint density at radius 2 is 1.66 bits per heavy atom. The van der Waals surface area contributed by atoms with Crippen LogP contribution in [0.2, 0.25) is 0 Å². The van der Waals surface area contributed by atoms with E-state index in [1.165, 1.54) is 6.42 Å². The zero-order chi connectivity index (χ0) is 29.4. The molecule has 1 amide bonds. The third kappa shape index (κ3) is 6.06. The first-order chi connectivity index (χ1) is 19.5. The minimum absolute atomic E-state index is 0.0858. The summed E-state index contributed by atoms with van der Waals surface area (Å²) in [7, 11) is 0. The number of nitrogens with zero attached hydrogens (tertiary/aromatic N) is 4. The molecule has 0 atom stereocenters. The van der Waals surface area contributed by atoms with Gasteiger partial charge in [0.1, 0.15) is 11.9 Å². The Labute approximate surface area is 244 Å². The highest BCUT2D eigenvalue weighted by Gasteiger charge is 2.64. The fourth-order valence-electron chi connectivity index (χ4n) is 7.81. The largest absolute Gasteiger partial charge is 0.489 e. The number of amides is 1. The van der Waals surface area contributed by atoms with Gasteiger partial charge in [-0.2, -0.15) is 5.26 Å². The van der Waals surface area contributed by atoms with Crippen molar-refractivity contribution in [2.45, 2.75) is 97.8 Å². The number of piperidine rings is 1. The van der Waals surface area contributed by atoms with E-state index >= 15 is 0 Å². The van der Waals surface area contributed by atoms with Gasteiger partial charge in [-0.05, 0) is 87.5 Å². The topological polar surface area (TPSA) is 111 Å². The molecule has 5 rings (SSSR count). The lowest BCUT2D eigenvalue weighted by Crippen LogP contribution is -2.74. The predicted molar refractivity (Wildman–Crippen MR) is 159 cm³/mol. The molecule has 1 aliphatic heterocycles. The van der Waals surface area contributed by atoms with E-state index in [0.717, 1.165) is 74.8 Å². The second-order valence-corrected chi connectivity index (χ2v) is 13.7. The molecule has 2 aliphatic carbocycles. The van der Waals surface area contributed by atoms with Crippen molar-refractivity contribution in [2.75, 3.05) is 18.0 Å². The molecule has 3 fully saturated rings. The monoisotopic (exact) mass is 559 g/mol. The molecule has 2 heterocycles. The average Bonchev–Trinajstić information content (AvgIpc) is 2.96. The molecule has 2 N–H and O–H groups in total. The van der Waals surface area contributed by atoms with Crippen LogP contribution in [0.5, 0.6) is 5.75 Å². The molecule has 2 aromatic rings. The summed E-state index contributed by atoms with van der Waals surface area (Å²) in [5, 5.41) is 22.2. The van der Waals surface area contributed by atoms with E-state index in [9.17, 15) is 15.2 Å². The number of carbonyl (C=O) groups is 1. The number of ether oxygens (including phenoxy) is 1. The highest BCUT2D eigenvalue weighted by Crippen LogP contribution is 2.55. The SMILES string of the molecule is Cc1cc(OC2C(C)(C)C(NC(=O)c3cnc(N4CCC(CC5CCC(O)CC5)CC4)nc3)C2(C)C)ccc1C#N. The maximum atomic E-state index is 13.3. The van der Waals surface area contributed by atoms with E-state index in [2.05, 4.69) is 53.9 Å². The number of hydrogen-bond donors (Lipinski definition) is 2. The summed E-state index contributed by atoms with van der Waals surface area (Å²) in [5.41, 5.74) is 1.39. The molecule has 220 valence electrons. The van der Waals surface area contributed by atoms with Crippen LogP contribution in [0.1, 0.15) is 94.1 Å². The van der Waals surface area contributed by atoms with Crippen LogP contribution >= 0.6 is 0 Å². The summed E-state index contributed by atoms with van der Waals surface area (Å²) < 4.78 is 6.41. The van der Waals surface area contributed by atoms with E-state index in [4.69, 9.17) is 4.74 Å². The first-order valence-corrected chi connectivity index (χ1v) is 15.2. The van der Waals surface area contributed by atoms with Crippen LogP contribution in [0, 0.1) is 40.9 Å². The highest BCUT2D eigenvalue weighted by atomic mass is 16.5. The van der Waals surface area contributed by atoms with Crippen LogP contribution in [-0.4, -0.2) is 52.3 Å². The summed E-state index contributed by atoms with van der Waals surface area (Å²) in [5.74, 6) is 2.75. The van der Waals surface area contributed by atoms with Gasteiger partial charge in [-0.3, -0.25) is 4.79 Å². The molecule has 3 aliphatic rings. The number of aromatic nitrogens is 2. The van der Waals surface area contributed by atoms with Crippen molar-refractivity contribution < 1.29 is 14.6 Å². The lowest BCUT2D eigenvalue weighted by Gasteiger charge is -2.63. The Kier molecular flexibility index (Phi) is 8.29. The standard InChI is InChI=1S/C33H45N5O3/c1-21-16-27(11-8-24(21)18-34)41-30-32(2,3)29(33(30,4)5)37-28(40)25-19-35-31(36-20-25)38-14-12-23(13-15-38)17-22-6-9-26(39)10-7-22/h8,11,16,19-20,22-23,26,29-30,39H,6-7,9-10,12-15,17H2,1-5H3,(H,37,40). The second kappa shape index (κ2) is 11.6. The van der Waals surface area contributed by atoms with Gasteiger partial charge in [0.05, 0.1) is 23.3 Å². The lowest BCUT2D eigenvalue weighted by molar-refractivity contribution is -0.164. The minimum atomic E-state index is -0.302. The number of aryl methyl sites for hydroxylation is 1. The van der Waals surface area contributed by atoms with Gasteiger partial charge in [-0.15, -0.1) is 0 Å². The van der Waals surface area contributed by atoms with Crippen molar-refractivity contribution in [3.63, 3.8) is 0 Å². The van der Waals surface area contributed by atoms with E-state index < -0.39 is 0 Å². The number of rotatable bonds is 7. The van der Waals surface area contributed by atoms with Crippen LogP contribution in [0.25, 0.3) is 0 Å². The number of nitrogens with one attached hydrogen (secondary N) is 1. The molecule has 8 heteroatoms. The fourth-order valence-corrected chi connectivity index (χ4v) is 7.81. The summed E-state index contributed by atoms with van der Waals surface area (Å²) in [6, 6.07) is 7.63. The summed E-state index contributed by atoms with van der Waals surface area (Å²) in [4.78, 5) is 24.6.